The molecule has 0 saturated heterocycles. The molecule has 3 atom stereocenters. The van der Waals surface area contributed by atoms with Crippen LogP contribution in [0.5, 0.6) is 0 Å². The van der Waals surface area contributed by atoms with Crippen LogP contribution >= 0.6 is 0 Å². The Morgan fingerprint density at radius 1 is 1.33 bits per heavy atom. The summed E-state index contributed by atoms with van der Waals surface area (Å²) in [5.41, 5.74) is 7.25. The Kier molecular flexibility index (Phi) is 3.58. The van der Waals surface area contributed by atoms with E-state index in [1.54, 1.807) is 0 Å². The molecule has 0 amide bonds. The second-order valence-corrected chi connectivity index (χ2v) is 5.65. The van der Waals surface area contributed by atoms with Crippen molar-refractivity contribution in [2.24, 2.45) is 16.1 Å². The predicted octanol–water partition coefficient (Wildman–Crippen LogP) is 3.41. The van der Waals surface area contributed by atoms with Crippen LogP contribution in [0.3, 0.4) is 0 Å². The Labute approximate surface area is 110 Å². The van der Waals surface area contributed by atoms with Crippen molar-refractivity contribution in [1.29, 1.82) is 0 Å². The van der Waals surface area contributed by atoms with E-state index in [4.69, 9.17) is 10.7 Å². The fourth-order valence-electron chi connectivity index (χ4n) is 3.16. The van der Waals surface area contributed by atoms with Gasteiger partial charge in [-0.25, -0.2) is 0 Å². The normalized spacial score (nSPS) is 38.2. The van der Waals surface area contributed by atoms with Crippen LogP contribution in [0.1, 0.15) is 40.0 Å². The first-order valence-electron chi connectivity index (χ1n) is 6.91. The number of allylic oxidation sites excluding steroid dienone is 3. The highest BCUT2D eigenvalue weighted by molar-refractivity contribution is 5.95. The fraction of sp³-hybridized carbons (Fsp3) is 0.562. The molecule has 0 aromatic carbocycles. The molecule has 0 spiro atoms. The first kappa shape index (κ1) is 13.3. The van der Waals surface area contributed by atoms with Crippen LogP contribution in [-0.2, 0) is 0 Å². The molecular weight excluding hydrogens is 220 g/mol. The molecule has 0 fully saturated rings. The molecular formula is C16H24N2. The zero-order valence-corrected chi connectivity index (χ0v) is 11.7. The van der Waals surface area contributed by atoms with Gasteiger partial charge in [0.25, 0.3) is 0 Å². The quantitative estimate of drug-likeness (QED) is 0.808. The van der Waals surface area contributed by atoms with Crippen molar-refractivity contribution in [2.45, 2.75) is 51.6 Å². The van der Waals surface area contributed by atoms with Gasteiger partial charge in [-0.3, -0.25) is 4.99 Å². The maximum atomic E-state index is 6.42. The highest BCUT2D eigenvalue weighted by atomic mass is 14.9. The minimum absolute atomic E-state index is 0.0401. The molecule has 2 heteroatoms. The maximum Gasteiger partial charge on any atom is 0.0874 e. The van der Waals surface area contributed by atoms with Gasteiger partial charge >= 0.3 is 0 Å². The summed E-state index contributed by atoms with van der Waals surface area (Å²) >= 11 is 0. The average molecular weight is 244 g/mol. The van der Waals surface area contributed by atoms with E-state index in [1.165, 1.54) is 12.8 Å². The van der Waals surface area contributed by atoms with Crippen molar-refractivity contribution in [3.05, 3.63) is 36.5 Å². The van der Waals surface area contributed by atoms with E-state index in [2.05, 4.69) is 51.2 Å². The van der Waals surface area contributed by atoms with E-state index < -0.39 is 0 Å². The number of nitrogens with zero attached hydrogens (tertiary/aromatic N) is 1. The Morgan fingerprint density at radius 2 is 2.11 bits per heavy atom. The Bertz CT molecular complexity index is 430. The third-order valence-electron chi connectivity index (χ3n) is 4.36. The maximum absolute atomic E-state index is 6.42. The van der Waals surface area contributed by atoms with Crippen LogP contribution in [0, 0.1) is 5.41 Å². The van der Waals surface area contributed by atoms with Gasteiger partial charge < -0.3 is 5.73 Å². The molecule has 2 N–H and O–H groups in total. The molecule has 2 rings (SSSR count). The molecule has 18 heavy (non-hydrogen) atoms. The molecule has 2 nitrogen and oxygen atoms in total. The summed E-state index contributed by atoms with van der Waals surface area (Å²) in [5, 5.41) is 0. The van der Waals surface area contributed by atoms with Crippen LogP contribution < -0.4 is 5.73 Å². The third-order valence-corrected chi connectivity index (χ3v) is 4.36. The second-order valence-electron chi connectivity index (χ2n) is 5.65. The Hall–Kier alpha value is -1.15. The molecule has 0 radical (unpaired) electrons. The number of hydrogen-bond acceptors (Lipinski definition) is 2. The molecule has 2 aliphatic rings. The molecule has 1 aliphatic heterocycles. The van der Waals surface area contributed by atoms with Crippen molar-refractivity contribution < 1.29 is 0 Å². The molecule has 0 saturated carbocycles. The summed E-state index contributed by atoms with van der Waals surface area (Å²) in [4.78, 5) is 4.86. The van der Waals surface area contributed by atoms with E-state index in [0.29, 0.717) is 0 Å². The predicted molar refractivity (Wildman–Crippen MR) is 78.9 cm³/mol. The molecule has 1 aliphatic carbocycles. The lowest BCUT2D eigenvalue weighted by Crippen LogP contribution is -2.53. The van der Waals surface area contributed by atoms with Crippen LogP contribution in [0.25, 0.3) is 0 Å². The van der Waals surface area contributed by atoms with Gasteiger partial charge in [0.15, 0.2) is 0 Å². The number of nitrogens with two attached hydrogens (primary N) is 1. The Balaban J connectivity index is 2.40. The van der Waals surface area contributed by atoms with Gasteiger partial charge in [-0.1, -0.05) is 50.1 Å². The number of unbranched alkanes of at least 4 members (excludes halogenated alkanes) is 1. The zero-order chi connectivity index (χ0) is 13.2. The van der Waals surface area contributed by atoms with Gasteiger partial charge in [-0.05, 0) is 26.3 Å². The highest BCUT2D eigenvalue weighted by Gasteiger charge is 2.49. The second kappa shape index (κ2) is 4.85. The van der Waals surface area contributed by atoms with Crippen molar-refractivity contribution >= 4 is 5.71 Å². The van der Waals surface area contributed by atoms with E-state index in [0.717, 1.165) is 12.1 Å². The van der Waals surface area contributed by atoms with Gasteiger partial charge in [-0.2, -0.15) is 0 Å². The number of rotatable bonds is 4. The van der Waals surface area contributed by atoms with Gasteiger partial charge in [0.2, 0.25) is 0 Å². The first-order chi connectivity index (χ1) is 8.54. The first-order valence-corrected chi connectivity index (χ1v) is 6.91. The summed E-state index contributed by atoms with van der Waals surface area (Å²) < 4.78 is 0. The minimum Gasteiger partial charge on any atom is -0.324 e. The summed E-state index contributed by atoms with van der Waals surface area (Å²) in [6.45, 7) is 6.49. The third kappa shape index (κ3) is 1.99. The average Bonchev–Trinajstić information content (AvgIpc) is 2.70. The standard InChI is InChI=1S/C16H24N2/c1-4-5-10-16(11-7-6-8-14(16)17)15(3)12-9-13(2)18-15/h6-9,11-12,14H,4-5,10,17H2,1-3H3. The summed E-state index contributed by atoms with van der Waals surface area (Å²) in [6.07, 6.45) is 16.4. The van der Waals surface area contributed by atoms with Crippen molar-refractivity contribution in [3.63, 3.8) is 0 Å². The number of hydrogen-bond donors (Lipinski definition) is 1. The molecule has 1 heterocycles. The molecule has 0 aromatic rings. The van der Waals surface area contributed by atoms with E-state index in [1.807, 2.05) is 6.08 Å². The topological polar surface area (TPSA) is 38.4 Å². The van der Waals surface area contributed by atoms with Crippen LogP contribution in [-0.4, -0.2) is 17.3 Å². The van der Waals surface area contributed by atoms with Crippen LogP contribution in [0.4, 0.5) is 0 Å². The summed E-state index contributed by atoms with van der Waals surface area (Å²) in [6, 6.07) is 0.0401. The summed E-state index contributed by atoms with van der Waals surface area (Å²) in [5.74, 6) is 0. The van der Waals surface area contributed by atoms with Gasteiger partial charge in [-0.15, -0.1) is 0 Å². The zero-order valence-electron chi connectivity index (χ0n) is 11.7. The largest absolute Gasteiger partial charge is 0.324 e. The summed E-state index contributed by atoms with van der Waals surface area (Å²) in [7, 11) is 0. The van der Waals surface area contributed by atoms with Gasteiger partial charge in [0, 0.05) is 17.2 Å². The van der Waals surface area contributed by atoms with Gasteiger partial charge in [0.05, 0.1) is 5.54 Å². The lowest BCUT2D eigenvalue weighted by molar-refractivity contribution is 0.200. The molecule has 98 valence electrons. The van der Waals surface area contributed by atoms with E-state index >= 15 is 0 Å². The monoisotopic (exact) mass is 244 g/mol. The Morgan fingerprint density at radius 3 is 2.67 bits per heavy atom. The van der Waals surface area contributed by atoms with Crippen LogP contribution in [0.15, 0.2) is 41.4 Å². The molecule has 3 unspecified atom stereocenters. The minimum atomic E-state index is -0.201. The van der Waals surface area contributed by atoms with Crippen molar-refractivity contribution in [3.8, 4) is 0 Å². The fourth-order valence-corrected chi connectivity index (χ4v) is 3.16. The van der Waals surface area contributed by atoms with Crippen molar-refractivity contribution in [2.75, 3.05) is 0 Å². The molecule has 0 aromatic heterocycles. The van der Waals surface area contributed by atoms with Gasteiger partial charge in [0.1, 0.15) is 0 Å². The van der Waals surface area contributed by atoms with Crippen LogP contribution in [0.2, 0.25) is 0 Å². The van der Waals surface area contributed by atoms with Crippen molar-refractivity contribution in [1.82, 2.24) is 0 Å². The molecule has 0 bridgehead atoms. The lowest BCUT2D eigenvalue weighted by Gasteiger charge is -2.46. The lowest BCUT2D eigenvalue weighted by atomic mass is 9.62. The van der Waals surface area contributed by atoms with E-state index in [-0.39, 0.29) is 17.0 Å². The van der Waals surface area contributed by atoms with E-state index in [9.17, 15) is 0 Å². The SMILES string of the molecule is CCCCC1(C2(C)C=CC(C)=N2)C=CC=CC1N. The number of aliphatic imine (C=N–C) groups is 1. The smallest absolute Gasteiger partial charge is 0.0874 e. The highest BCUT2D eigenvalue weighted by Crippen LogP contribution is 2.47.